The van der Waals surface area contributed by atoms with Gasteiger partial charge in [0.05, 0.1) is 23.8 Å². The fourth-order valence-corrected chi connectivity index (χ4v) is 5.73. The van der Waals surface area contributed by atoms with Crippen LogP contribution in [0.25, 0.3) is 0 Å². The maximum atomic E-state index is 13.4. The third-order valence-electron chi connectivity index (χ3n) is 5.71. The Morgan fingerprint density at radius 1 is 0.943 bits per heavy atom. The molecule has 0 aliphatic carbocycles. The highest BCUT2D eigenvalue weighted by Gasteiger charge is 2.27. The van der Waals surface area contributed by atoms with Gasteiger partial charge in [0.25, 0.3) is 10.0 Å². The highest BCUT2D eigenvalue weighted by molar-refractivity contribution is 9.10. The van der Waals surface area contributed by atoms with E-state index < -0.39 is 10.0 Å². The van der Waals surface area contributed by atoms with Gasteiger partial charge < -0.3 is 10.1 Å². The Kier molecular flexibility index (Phi) is 8.56. The highest BCUT2D eigenvalue weighted by atomic mass is 79.9. The summed E-state index contributed by atoms with van der Waals surface area (Å²) in [6, 6.07) is 23.1. The molecule has 9 heteroatoms. The number of hydrogen-bond donors (Lipinski definition) is 1. The van der Waals surface area contributed by atoms with Crippen LogP contribution in [0, 0.1) is 0 Å². The van der Waals surface area contributed by atoms with Crippen molar-refractivity contribution in [3.05, 3.63) is 94.5 Å². The molecule has 1 fully saturated rings. The van der Waals surface area contributed by atoms with Crippen LogP contribution in [0.5, 0.6) is 0 Å². The van der Waals surface area contributed by atoms with Crippen molar-refractivity contribution in [1.82, 2.24) is 10.2 Å². The van der Waals surface area contributed by atoms with Gasteiger partial charge in [-0.2, -0.15) is 0 Å². The Bertz CT molecular complexity index is 1250. The molecule has 1 heterocycles. The quantitative estimate of drug-likeness (QED) is 0.433. The van der Waals surface area contributed by atoms with E-state index in [0.717, 1.165) is 47.2 Å². The minimum atomic E-state index is -3.94. The number of anilines is 1. The van der Waals surface area contributed by atoms with Crippen molar-refractivity contribution in [2.75, 3.05) is 37.2 Å². The summed E-state index contributed by atoms with van der Waals surface area (Å²) in [6.45, 7) is 4.11. The summed E-state index contributed by atoms with van der Waals surface area (Å²) >= 11 is 3.39. The van der Waals surface area contributed by atoms with Crippen LogP contribution in [0.15, 0.2) is 88.2 Å². The van der Waals surface area contributed by atoms with Crippen molar-refractivity contribution in [3.8, 4) is 0 Å². The van der Waals surface area contributed by atoms with Gasteiger partial charge in [-0.15, -0.1) is 0 Å². The first-order valence-corrected chi connectivity index (χ1v) is 13.6. The second-order valence-electron chi connectivity index (χ2n) is 8.29. The van der Waals surface area contributed by atoms with E-state index in [9.17, 15) is 13.2 Å². The SMILES string of the molecule is O=C(CN(c1cccc(Br)c1)S(=O)(=O)c1ccccc1)NCc1cccc(CN2CCOCC2)c1. The maximum absolute atomic E-state index is 13.4. The molecule has 7 nitrogen and oxygen atoms in total. The number of halogens is 1. The molecule has 35 heavy (non-hydrogen) atoms. The van der Waals surface area contributed by atoms with Crippen LogP contribution in [-0.4, -0.2) is 52.1 Å². The summed E-state index contributed by atoms with van der Waals surface area (Å²) in [4.78, 5) is 15.4. The number of benzene rings is 3. The molecule has 0 unspecified atom stereocenters. The van der Waals surface area contributed by atoms with Gasteiger partial charge >= 0.3 is 0 Å². The Balaban J connectivity index is 1.45. The topological polar surface area (TPSA) is 79.0 Å². The second kappa shape index (κ2) is 11.8. The summed E-state index contributed by atoms with van der Waals surface area (Å²) < 4.78 is 34.1. The first kappa shape index (κ1) is 25.4. The Morgan fingerprint density at radius 3 is 2.40 bits per heavy atom. The summed E-state index contributed by atoms with van der Waals surface area (Å²) in [5.41, 5.74) is 2.54. The van der Waals surface area contributed by atoms with E-state index in [1.54, 1.807) is 42.5 Å². The number of hydrogen-bond acceptors (Lipinski definition) is 5. The summed E-state index contributed by atoms with van der Waals surface area (Å²) in [7, 11) is -3.94. The van der Waals surface area contributed by atoms with Crippen molar-refractivity contribution in [2.24, 2.45) is 0 Å². The van der Waals surface area contributed by atoms with Crippen LogP contribution >= 0.6 is 15.9 Å². The lowest BCUT2D eigenvalue weighted by atomic mass is 10.1. The lowest BCUT2D eigenvalue weighted by Crippen LogP contribution is -2.40. The van der Waals surface area contributed by atoms with E-state index in [4.69, 9.17) is 4.74 Å². The molecule has 4 rings (SSSR count). The van der Waals surface area contributed by atoms with Crippen molar-refractivity contribution in [2.45, 2.75) is 18.0 Å². The molecule has 0 atom stereocenters. The van der Waals surface area contributed by atoms with E-state index in [1.165, 1.54) is 17.7 Å². The summed E-state index contributed by atoms with van der Waals surface area (Å²) in [5, 5.41) is 2.88. The molecule has 1 amide bonds. The zero-order valence-corrected chi connectivity index (χ0v) is 21.7. The van der Waals surface area contributed by atoms with Crippen molar-refractivity contribution < 1.29 is 17.9 Å². The number of nitrogens with zero attached hydrogens (tertiary/aromatic N) is 2. The maximum Gasteiger partial charge on any atom is 0.264 e. The molecule has 0 bridgehead atoms. The Labute approximate surface area is 214 Å². The third kappa shape index (κ3) is 6.91. The number of carbonyl (C=O) groups excluding carboxylic acids is 1. The first-order chi connectivity index (χ1) is 16.9. The zero-order chi connectivity index (χ0) is 24.7. The number of carbonyl (C=O) groups is 1. The van der Waals surface area contributed by atoms with Crippen molar-refractivity contribution in [3.63, 3.8) is 0 Å². The molecule has 0 spiro atoms. The van der Waals surface area contributed by atoms with Crippen LogP contribution in [0.3, 0.4) is 0 Å². The van der Waals surface area contributed by atoms with Gasteiger partial charge in [-0.3, -0.25) is 14.0 Å². The highest BCUT2D eigenvalue weighted by Crippen LogP contribution is 2.26. The average molecular weight is 558 g/mol. The molecule has 1 aliphatic heterocycles. The average Bonchev–Trinajstić information content (AvgIpc) is 2.87. The smallest absolute Gasteiger partial charge is 0.264 e. The van der Waals surface area contributed by atoms with Crippen LogP contribution in [0.2, 0.25) is 0 Å². The van der Waals surface area contributed by atoms with Crippen LogP contribution in [-0.2, 0) is 32.6 Å². The molecular formula is C26H28BrN3O4S. The molecule has 1 N–H and O–H groups in total. The normalized spacial score (nSPS) is 14.4. The Hall–Kier alpha value is -2.72. The lowest BCUT2D eigenvalue weighted by Gasteiger charge is -2.26. The van der Waals surface area contributed by atoms with Gasteiger partial charge in [0.15, 0.2) is 0 Å². The predicted molar refractivity (Wildman–Crippen MR) is 140 cm³/mol. The molecule has 3 aromatic rings. The van der Waals surface area contributed by atoms with Crippen molar-refractivity contribution >= 4 is 37.5 Å². The lowest BCUT2D eigenvalue weighted by molar-refractivity contribution is -0.119. The van der Waals surface area contributed by atoms with Gasteiger partial charge in [-0.05, 0) is 41.5 Å². The number of amides is 1. The predicted octanol–water partition coefficient (Wildman–Crippen LogP) is 3.79. The van der Waals surface area contributed by atoms with Crippen LogP contribution in [0.1, 0.15) is 11.1 Å². The van der Waals surface area contributed by atoms with Gasteiger partial charge in [0.1, 0.15) is 6.54 Å². The van der Waals surface area contributed by atoms with Gasteiger partial charge in [-0.1, -0.05) is 64.5 Å². The minimum absolute atomic E-state index is 0.128. The standard InChI is InChI=1S/C26H28BrN3O4S/c27-23-8-5-9-24(17-23)30(35(32,33)25-10-2-1-3-11-25)20-26(31)28-18-21-6-4-7-22(16-21)19-29-12-14-34-15-13-29/h1-11,16-17H,12-15,18-20H2,(H,28,31). The molecule has 0 saturated carbocycles. The summed E-state index contributed by atoms with van der Waals surface area (Å²) in [5.74, 6) is -0.386. The number of rotatable bonds is 9. The van der Waals surface area contributed by atoms with Crippen LogP contribution in [0.4, 0.5) is 5.69 Å². The van der Waals surface area contributed by atoms with E-state index in [2.05, 4.69) is 38.3 Å². The molecule has 184 valence electrons. The number of ether oxygens (including phenoxy) is 1. The van der Waals surface area contributed by atoms with Crippen LogP contribution < -0.4 is 9.62 Å². The fourth-order valence-electron chi connectivity index (χ4n) is 3.91. The van der Waals surface area contributed by atoms with Crippen molar-refractivity contribution in [1.29, 1.82) is 0 Å². The van der Waals surface area contributed by atoms with E-state index in [-0.39, 0.29) is 17.3 Å². The van der Waals surface area contributed by atoms with E-state index in [1.807, 2.05) is 12.1 Å². The number of sulfonamides is 1. The third-order valence-corrected chi connectivity index (χ3v) is 7.99. The molecule has 0 radical (unpaired) electrons. The van der Waals surface area contributed by atoms with E-state index >= 15 is 0 Å². The number of nitrogens with one attached hydrogen (secondary N) is 1. The molecule has 1 saturated heterocycles. The fraction of sp³-hybridized carbons (Fsp3) is 0.269. The Morgan fingerprint density at radius 2 is 1.66 bits per heavy atom. The zero-order valence-electron chi connectivity index (χ0n) is 19.3. The molecule has 3 aromatic carbocycles. The van der Waals surface area contributed by atoms with Gasteiger partial charge in [-0.25, -0.2) is 8.42 Å². The monoisotopic (exact) mass is 557 g/mol. The summed E-state index contributed by atoms with van der Waals surface area (Å²) in [6.07, 6.45) is 0. The van der Waals surface area contributed by atoms with E-state index in [0.29, 0.717) is 12.2 Å². The molecular weight excluding hydrogens is 530 g/mol. The van der Waals surface area contributed by atoms with Gasteiger partial charge in [0, 0.05) is 30.7 Å². The first-order valence-electron chi connectivity index (χ1n) is 11.4. The number of morpholine rings is 1. The van der Waals surface area contributed by atoms with Gasteiger partial charge in [0.2, 0.25) is 5.91 Å². The molecule has 1 aliphatic rings. The minimum Gasteiger partial charge on any atom is -0.379 e. The largest absolute Gasteiger partial charge is 0.379 e. The molecule has 0 aromatic heterocycles. The second-order valence-corrected chi connectivity index (χ2v) is 11.1.